The first-order valence-corrected chi connectivity index (χ1v) is 7.44. The van der Waals surface area contributed by atoms with E-state index in [1.54, 1.807) is 0 Å². The summed E-state index contributed by atoms with van der Waals surface area (Å²) in [5, 5.41) is 13.8. The van der Waals surface area contributed by atoms with Gasteiger partial charge in [-0.3, -0.25) is 0 Å². The number of aliphatic hydroxyl groups excluding tert-OH is 1. The van der Waals surface area contributed by atoms with Crippen molar-refractivity contribution in [3.63, 3.8) is 0 Å². The van der Waals surface area contributed by atoms with E-state index in [0.29, 0.717) is 23.8 Å². The first-order chi connectivity index (χ1) is 7.69. The summed E-state index contributed by atoms with van der Waals surface area (Å²) >= 11 is 2.02. The van der Waals surface area contributed by atoms with E-state index in [1.165, 1.54) is 19.3 Å². The lowest BCUT2D eigenvalue weighted by Crippen LogP contribution is -2.56. The lowest BCUT2D eigenvalue weighted by Gasteiger charge is -2.34. The fraction of sp³-hybridized carbons (Fsp3) is 1.00. The smallest absolute Gasteiger partial charge is 0.0474 e. The Morgan fingerprint density at radius 2 is 2.31 bits per heavy atom. The number of hydrogen-bond donors (Lipinski definition) is 3. The normalized spacial score (nSPS) is 44.1. The largest absolute Gasteiger partial charge is 0.396 e. The Hall–Kier alpha value is 0.230. The molecule has 4 N–H and O–H groups in total. The first kappa shape index (κ1) is 12.7. The topological polar surface area (TPSA) is 58.3 Å². The van der Waals surface area contributed by atoms with E-state index in [4.69, 9.17) is 5.73 Å². The van der Waals surface area contributed by atoms with Crippen LogP contribution in [0.1, 0.15) is 32.6 Å². The molecule has 3 nitrogen and oxygen atoms in total. The molecule has 1 aliphatic carbocycles. The van der Waals surface area contributed by atoms with Crippen LogP contribution < -0.4 is 11.1 Å². The van der Waals surface area contributed by atoms with Crippen LogP contribution in [0.4, 0.5) is 0 Å². The SMILES string of the molecule is CC1CC(CN)(NC2CCCC2CO)CS1. The highest BCUT2D eigenvalue weighted by molar-refractivity contribution is 8.00. The van der Waals surface area contributed by atoms with Crippen LogP contribution in [0, 0.1) is 5.92 Å². The molecule has 1 aliphatic heterocycles. The lowest BCUT2D eigenvalue weighted by atomic mass is 9.93. The third kappa shape index (κ3) is 2.55. The van der Waals surface area contributed by atoms with Crippen molar-refractivity contribution in [2.24, 2.45) is 11.7 Å². The summed E-state index contributed by atoms with van der Waals surface area (Å²) < 4.78 is 0. The van der Waals surface area contributed by atoms with E-state index in [0.717, 1.165) is 18.7 Å². The Labute approximate surface area is 103 Å². The maximum absolute atomic E-state index is 9.34. The Kier molecular flexibility index (Phi) is 4.16. The van der Waals surface area contributed by atoms with E-state index in [9.17, 15) is 5.11 Å². The molecule has 0 spiro atoms. The fourth-order valence-electron chi connectivity index (χ4n) is 3.11. The summed E-state index contributed by atoms with van der Waals surface area (Å²) in [5.41, 5.74) is 6.09. The molecule has 0 bridgehead atoms. The molecule has 16 heavy (non-hydrogen) atoms. The van der Waals surface area contributed by atoms with Gasteiger partial charge in [-0.2, -0.15) is 11.8 Å². The summed E-state index contributed by atoms with van der Waals surface area (Å²) in [4.78, 5) is 0. The van der Waals surface area contributed by atoms with Crippen molar-refractivity contribution in [2.45, 2.75) is 49.4 Å². The van der Waals surface area contributed by atoms with Crippen molar-refractivity contribution in [1.82, 2.24) is 5.32 Å². The predicted molar refractivity (Wildman–Crippen MR) is 69.7 cm³/mol. The van der Waals surface area contributed by atoms with Crippen LogP contribution in [-0.4, -0.2) is 40.8 Å². The molecule has 4 heteroatoms. The van der Waals surface area contributed by atoms with E-state index in [1.807, 2.05) is 11.8 Å². The molecule has 0 aromatic heterocycles. The minimum absolute atomic E-state index is 0.131. The molecule has 2 rings (SSSR count). The van der Waals surface area contributed by atoms with Gasteiger partial charge in [0.15, 0.2) is 0 Å². The van der Waals surface area contributed by atoms with Gasteiger partial charge < -0.3 is 16.2 Å². The molecule has 94 valence electrons. The second-order valence-corrected chi connectivity index (χ2v) is 6.86. The number of nitrogens with one attached hydrogen (secondary N) is 1. The average molecular weight is 244 g/mol. The van der Waals surface area contributed by atoms with Crippen molar-refractivity contribution >= 4 is 11.8 Å². The van der Waals surface area contributed by atoms with Gasteiger partial charge in [-0.15, -0.1) is 0 Å². The Morgan fingerprint density at radius 3 is 2.88 bits per heavy atom. The molecule has 4 atom stereocenters. The summed E-state index contributed by atoms with van der Waals surface area (Å²) in [6.07, 6.45) is 4.78. The second-order valence-electron chi connectivity index (χ2n) is 5.43. The Bertz CT molecular complexity index is 239. The molecular weight excluding hydrogens is 220 g/mol. The highest BCUT2D eigenvalue weighted by Gasteiger charge is 2.40. The van der Waals surface area contributed by atoms with Gasteiger partial charge in [-0.25, -0.2) is 0 Å². The van der Waals surface area contributed by atoms with Gasteiger partial charge in [-0.1, -0.05) is 13.3 Å². The van der Waals surface area contributed by atoms with Gasteiger partial charge in [-0.05, 0) is 25.2 Å². The van der Waals surface area contributed by atoms with Crippen molar-refractivity contribution in [2.75, 3.05) is 18.9 Å². The highest BCUT2D eigenvalue weighted by atomic mass is 32.2. The number of nitrogens with two attached hydrogens (primary N) is 1. The number of rotatable bonds is 4. The summed E-state index contributed by atoms with van der Waals surface area (Å²) in [7, 11) is 0. The van der Waals surface area contributed by atoms with Crippen molar-refractivity contribution in [3.8, 4) is 0 Å². The van der Waals surface area contributed by atoms with Crippen LogP contribution in [0.25, 0.3) is 0 Å². The molecule has 0 amide bonds. The minimum Gasteiger partial charge on any atom is -0.396 e. The van der Waals surface area contributed by atoms with E-state index < -0.39 is 0 Å². The minimum atomic E-state index is 0.131. The molecule has 1 heterocycles. The number of aliphatic hydroxyl groups is 1. The van der Waals surface area contributed by atoms with Crippen LogP contribution in [-0.2, 0) is 0 Å². The van der Waals surface area contributed by atoms with Crippen LogP contribution in [0.15, 0.2) is 0 Å². The molecule has 0 aromatic rings. The van der Waals surface area contributed by atoms with Gasteiger partial charge in [0.1, 0.15) is 0 Å². The monoisotopic (exact) mass is 244 g/mol. The third-order valence-electron chi connectivity index (χ3n) is 4.10. The quantitative estimate of drug-likeness (QED) is 0.689. The molecule has 2 aliphatic rings. The van der Waals surface area contributed by atoms with E-state index in [-0.39, 0.29) is 5.54 Å². The molecule has 1 saturated heterocycles. The van der Waals surface area contributed by atoms with Crippen LogP contribution >= 0.6 is 11.8 Å². The average Bonchev–Trinajstić information content (AvgIpc) is 2.86. The standard InChI is InChI=1S/C12H24N2OS/c1-9-5-12(7-13,8-16-9)14-11-4-2-3-10(11)6-15/h9-11,14-15H,2-8,13H2,1H3. The molecule has 2 fully saturated rings. The Morgan fingerprint density at radius 1 is 1.50 bits per heavy atom. The van der Waals surface area contributed by atoms with Gasteiger partial charge in [0.05, 0.1) is 0 Å². The van der Waals surface area contributed by atoms with Crippen LogP contribution in [0.3, 0.4) is 0 Å². The van der Waals surface area contributed by atoms with Gasteiger partial charge in [0.2, 0.25) is 0 Å². The third-order valence-corrected chi connectivity index (χ3v) is 5.55. The Balaban J connectivity index is 1.96. The van der Waals surface area contributed by atoms with Crippen molar-refractivity contribution in [1.29, 1.82) is 0 Å². The van der Waals surface area contributed by atoms with Gasteiger partial charge >= 0.3 is 0 Å². The second kappa shape index (κ2) is 5.25. The lowest BCUT2D eigenvalue weighted by molar-refractivity contribution is 0.184. The zero-order chi connectivity index (χ0) is 11.6. The number of thioether (sulfide) groups is 1. The van der Waals surface area contributed by atoms with Crippen LogP contribution in [0.2, 0.25) is 0 Å². The zero-order valence-electron chi connectivity index (χ0n) is 10.1. The fourth-order valence-corrected chi connectivity index (χ4v) is 4.47. The van der Waals surface area contributed by atoms with Crippen molar-refractivity contribution < 1.29 is 5.11 Å². The molecule has 1 saturated carbocycles. The highest BCUT2D eigenvalue weighted by Crippen LogP contribution is 2.36. The molecular formula is C12H24N2OS. The predicted octanol–water partition coefficient (Wildman–Crippen LogP) is 0.960. The van der Waals surface area contributed by atoms with Gasteiger partial charge in [0.25, 0.3) is 0 Å². The maximum Gasteiger partial charge on any atom is 0.0474 e. The molecule has 0 aromatic carbocycles. The summed E-state index contributed by atoms with van der Waals surface area (Å²) in [6.45, 7) is 3.32. The van der Waals surface area contributed by atoms with Crippen molar-refractivity contribution in [3.05, 3.63) is 0 Å². The summed E-state index contributed by atoms with van der Waals surface area (Å²) in [6, 6.07) is 0.486. The number of hydrogen-bond acceptors (Lipinski definition) is 4. The van der Waals surface area contributed by atoms with Crippen LogP contribution in [0.5, 0.6) is 0 Å². The molecule has 0 radical (unpaired) electrons. The van der Waals surface area contributed by atoms with Gasteiger partial charge in [0, 0.05) is 35.7 Å². The molecule has 4 unspecified atom stereocenters. The zero-order valence-corrected chi connectivity index (χ0v) is 10.9. The summed E-state index contributed by atoms with van der Waals surface area (Å²) in [5.74, 6) is 1.57. The maximum atomic E-state index is 9.34. The first-order valence-electron chi connectivity index (χ1n) is 6.39. The van der Waals surface area contributed by atoms with E-state index in [2.05, 4.69) is 12.2 Å². The van der Waals surface area contributed by atoms with E-state index >= 15 is 0 Å².